The van der Waals surface area contributed by atoms with Gasteiger partial charge in [0.1, 0.15) is 11.4 Å². The lowest BCUT2D eigenvalue weighted by Crippen LogP contribution is -2.16. The van der Waals surface area contributed by atoms with E-state index in [1.165, 1.54) is 0 Å². The first-order chi connectivity index (χ1) is 12.6. The molecule has 0 radical (unpaired) electrons. The molecule has 132 valence electrons. The molecule has 2 aromatic carbocycles. The van der Waals surface area contributed by atoms with Gasteiger partial charge in [-0.25, -0.2) is 0 Å². The SMILES string of the molecule is COc1ccc(C)cc1NC(=O)c1cc(N(C)c2ccccc2)ccn1. The maximum atomic E-state index is 12.7. The first kappa shape index (κ1) is 17.5. The highest BCUT2D eigenvalue weighted by Gasteiger charge is 2.13. The number of carbonyl (C=O) groups is 1. The van der Waals surface area contributed by atoms with Crippen molar-refractivity contribution in [2.24, 2.45) is 0 Å². The molecule has 0 aliphatic heterocycles. The molecular weight excluding hydrogens is 326 g/mol. The molecule has 3 aromatic rings. The Morgan fingerprint density at radius 3 is 2.54 bits per heavy atom. The van der Waals surface area contributed by atoms with Crippen LogP contribution in [0.4, 0.5) is 17.1 Å². The van der Waals surface area contributed by atoms with Gasteiger partial charge in [0.15, 0.2) is 0 Å². The summed E-state index contributed by atoms with van der Waals surface area (Å²) in [7, 11) is 3.53. The second-order valence-electron chi connectivity index (χ2n) is 5.95. The van der Waals surface area contributed by atoms with E-state index in [2.05, 4.69) is 10.3 Å². The Kier molecular flexibility index (Phi) is 5.17. The van der Waals surface area contributed by atoms with E-state index in [9.17, 15) is 4.79 Å². The number of ether oxygens (including phenoxy) is 1. The van der Waals surface area contributed by atoms with Crippen LogP contribution in [0.2, 0.25) is 0 Å². The predicted molar refractivity (Wildman–Crippen MR) is 104 cm³/mol. The van der Waals surface area contributed by atoms with Gasteiger partial charge in [-0.3, -0.25) is 9.78 Å². The van der Waals surface area contributed by atoms with Crippen molar-refractivity contribution in [3.63, 3.8) is 0 Å². The number of nitrogens with zero attached hydrogens (tertiary/aromatic N) is 2. The molecule has 0 saturated heterocycles. The normalized spacial score (nSPS) is 10.3. The Morgan fingerprint density at radius 2 is 1.81 bits per heavy atom. The third kappa shape index (κ3) is 3.83. The zero-order chi connectivity index (χ0) is 18.5. The third-order valence-electron chi connectivity index (χ3n) is 4.11. The highest BCUT2D eigenvalue weighted by Crippen LogP contribution is 2.27. The van der Waals surface area contributed by atoms with Crippen LogP contribution in [0, 0.1) is 6.92 Å². The molecule has 26 heavy (non-hydrogen) atoms. The van der Waals surface area contributed by atoms with Crippen molar-refractivity contribution in [3.8, 4) is 5.75 Å². The van der Waals surface area contributed by atoms with Crippen molar-refractivity contribution in [1.29, 1.82) is 0 Å². The molecule has 3 rings (SSSR count). The first-order valence-electron chi connectivity index (χ1n) is 8.29. The second-order valence-corrected chi connectivity index (χ2v) is 5.95. The van der Waals surface area contributed by atoms with Crippen molar-refractivity contribution >= 4 is 23.0 Å². The first-order valence-corrected chi connectivity index (χ1v) is 8.29. The lowest BCUT2D eigenvalue weighted by Gasteiger charge is -2.19. The molecule has 1 aromatic heterocycles. The largest absolute Gasteiger partial charge is 0.495 e. The van der Waals surface area contributed by atoms with Crippen LogP contribution in [0.5, 0.6) is 5.75 Å². The zero-order valence-electron chi connectivity index (χ0n) is 15.1. The van der Waals surface area contributed by atoms with Gasteiger partial charge in [0.25, 0.3) is 5.91 Å². The molecule has 5 heteroatoms. The van der Waals surface area contributed by atoms with Gasteiger partial charge in [-0.1, -0.05) is 24.3 Å². The Morgan fingerprint density at radius 1 is 1.04 bits per heavy atom. The van der Waals surface area contributed by atoms with Gasteiger partial charge < -0.3 is 15.0 Å². The van der Waals surface area contributed by atoms with Crippen LogP contribution < -0.4 is 15.0 Å². The molecule has 0 spiro atoms. The summed E-state index contributed by atoms with van der Waals surface area (Å²) in [6, 6.07) is 19.2. The van der Waals surface area contributed by atoms with Crippen molar-refractivity contribution < 1.29 is 9.53 Å². The number of amides is 1. The summed E-state index contributed by atoms with van der Waals surface area (Å²) < 4.78 is 5.31. The minimum absolute atomic E-state index is 0.280. The van der Waals surface area contributed by atoms with E-state index in [4.69, 9.17) is 4.74 Å². The van der Waals surface area contributed by atoms with Crippen LogP contribution in [0.25, 0.3) is 0 Å². The lowest BCUT2D eigenvalue weighted by molar-refractivity contribution is 0.102. The van der Waals surface area contributed by atoms with Gasteiger partial charge in [-0.2, -0.15) is 0 Å². The van der Waals surface area contributed by atoms with Gasteiger partial charge in [0.05, 0.1) is 12.8 Å². The fourth-order valence-electron chi connectivity index (χ4n) is 2.66. The van der Waals surface area contributed by atoms with E-state index in [0.29, 0.717) is 17.1 Å². The van der Waals surface area contributed by atoms with E-state index in [0.717, 1.165) is 16.9 Å². The number of benzene rings is 2. The fraction of sp³-hybridized carbons (Fsp3) is 0.143. The van der Waals surface area contributed by atoms with Crippen LogP contribution >= 0.6 is 0 Å². The molecule has 0 atom stereocenters. The lowest BCUT2D eigenvalue weighted by atomic mass is 10.2. The molecule has 0 fully saturated rings. The Bertz CT molecular complexity index is 910. The van der Waals surface area contributed by atoms with Crippen LogP contribution in [-0.2, 0) is 0 Å². The minimum Gasteiger partial charge on any atom is -0.495 e. The van der Waals surface area contributed by atoms with Crippen LogP contribution in [0.3, 0.4) is 0 Å². The number of nitrogens with one attached hydrogen (secondary N) is 1. The van der Waals surface area contributed by atoms with Gasteiger partial charge in [0.2, 0.25) is 0 Å². The molecule has 0 saturated carbocycles. The van der Waals surface area contributed by atoms with E-state index < -0.39 is 0 Å². The zero-order valence-corrected chi connectivity index (χ0v) is 15.1. The standard InChI is InChI=1S/C21H21N3O2/c1-15-9-10-20(26-3)18(13-15)23-21(25)19-14-17(11-12-22-19)24(2)16-7-5-4-6-8-16/h4-14H,1-3H3,(H,23,25). The maximum absolute atomic E-state index is 12.7. The van der Waals surface area contributed by atoms with Crippen molar-refractivity contribution in [3.05, 3.63) is 78.1 Å². The molecule has 1 amide bonds. The maximum Gasteiger partial charge on any atom is 0.274 e. The molecule has 0 unspecified atom stereocenters. The minimum atomic E-state index is -0.280. The number of rotatable bonds is 5. The molecule has 0 aliphatic rings. The average Bonchev–Trinajstić information content (AvgIpc) is 2.68. The number of para-hydroxylation sites is 1. The van der Waals surface area contributed by atoms with Crippen molar-refractivity contribution in [2.75, 3.05) is 24.4 Å². The van der Waals surface area contributed by atoms with Gasteiger partial charge >= 0.3 is 0 Å². The average molecular weight is 347 g/mol. The monoisotopic (exact) mass is 347 g/mol. The summed E-state index contributed by atoms with van der Waals surface area (Å²) in [6.07, 6.45) is 1.64. The van der Waals surface area contributed by atoms with E-state index in [1.54, 1.807) is 19.4 Å². The van der Waals surface area contributed by atoms with Crippen molar-refractivity contribution in [2.45, 2.75) is 6.92 Å². The summed E-state index contributed by atoms with van der Waals surface area (Å²) in [5, 5.41) is 2.88. The van der Waals surface area contributed by atoms with Crippen LogP contribution in [-0.4, -0.2) is 25.0 Å². The number of hydrogen-bond acceptors (Lipinski definition) is 4. The summed E-state index contributed by atoms with van der Waals surface area (Å²) in [6.45, 7) is 1.96. The molecule has 1 N–H and O–H groups in total. The molecule has 5 nitrogen and oxygen atoms in total. The van der Waals surface area contributed by atoms with E-state index in [1.807, 2.05) is 73.5 Å². The predicted octanol–water partition coefficient (Wildman–Crippen LogP) is 4.42. The number of carbonyl (C=O) groups excluding carboxylic acids is 1. The summed E-state index contributed by atoms with van der Waals surface area (Å²) in [4.78, 5) is 18.9. The fourth-order valence-corrected chi connectivity index (χ4v) is 2.66. The number of anilines is 3. The van der Waals surface area contributed by atoms with E-state index in [-0.39, 0.29) is 5.91 Å². The highest BCUT2D eigenvalue weighted by molar-refractivity contribution is 6.04. The number of aromatic nitrogens is 1. The molecule has 0 bridgehead atoms. The van der Waals surface area contributed by atoms with Crippen LogP contribution in [0.15, 0.2) is 66.9 Å². The topological polar surface area (TPSA) is 54.5 Å². The number of pyridine rings is 1. The Balaban J connectivity index is 1.84. The van der Waals surface area contributed by atoms with Crippen LogP contribution in [0.1, 0.15) is 16.1 Å². The van der Waals surface area contributed by atoms with Gasteiger partial charge in [0, 0.05) is 24.6 Å². The Hall–Kier alpha value is -3.34. The summed E-state index contributed by atoms with van der Waals surface area (Å²) >= 11 is 0. The summed E-state index contributed by atoms with van der Waals surface area (Å²) in [5.74, 6) is 0.332. The Labute approximate surface area is 153 Å². The number of methoxy groups -OCH3 is 1. The third-order valence-corrected chi connectivity index (χ3v) is 4.11. The number of hydrogen-bond donors (Lipinski definition) is 1. The van der Waals surface area contributed by atoms with Crippen molar-refractivity contribution in [1.82, 2.24) is 4.98 Å². The quantitative estimate of drug-likeness (QED) is 0.742. The second kappa shape index (κ2) is 7.70. The molecule has 1 heterocycles. The molecular formula is C21H21N3O2. The summed E-state index contributed by atoms with van der Waals surface area (Å²) in [5.41, 5.74) is 3.92. The van der Waals surface area contributed by atoms with E-state index >= 15 is 0 Å². The number of aryl methyl sites for hydroxylation is 1. The highest BCUT2D eigenvalue weighted by atomic mass is 16.5. The van der Waals surface area contributed by atoms with Gasteiger partial charge in [-0.15, -0.1) is 0 Å². The van der Waals surface area contributed by atoms with Gasteiger partial charge in [-0.05, 0) is 48.9 Å². The smallest absolute Gasteiger partial charge is 0.274 e. The molecule has 0 aliphatic carbocycles.